The molecule has 390 valence electrons. The second kappa shape index (κ2) is 24.5. The van der Waals surface area contributed by atoms with E-state index >= 15 is 26.3 Å². The van der Waals surface area contributed by atoms with Gasteiger partial charge in [-0.15, -0.1) is 24.1 Å². The molecular weight excluding hydrogens is 1150 g/mol. The molecule has 0 bridgehead atoms. The van der Waals surface area contributed by atoms with Crippen LogP contribution in [0.4, 0.5) is 35.1 Å². The second-order valence-corrected chi connectivity index (χ2v) is 25.6. The van der Waals surface area contributed by atoms with Gasteiger partial charge in [0.1, 0.15) is 4.90 Å². The fourth-order valence-corrected chi connectivity index (χ4v) is 14.0. The smallest absolute Gasteiger partial charge is 0.295 e. The molecule has 0 heterocycles. The van der Waals surface area contributed by atoms with Gasteiger partial charge >= 0.3 is 0 Å². The summed E-state index contributed by atoms with van der Waals surface area (Å²) in [5.74, 6) is -17.1. The molecule has 0 saturated heterocycles. The molecule has 76 heavy (non-hydrogen) atoms. The highest BCUT2D eigenvalue weighted by Gasteiger charge is 2.35. The quantitative estimate of drug-likeness (QED) is 0.0208. The van der Waals surface area contributed by atoms with Crippen molar-refractivity contribution in [2.24, 2.45) is 0 Å². The highest BCUT2D eigenvalue weighted by atomic mass is 32.2. The van der Waals surface area contributed by atoms with Crippen molar-refractivity contribution in [1.29, 1.82) is 0 Å². The predicted octanol–water partition coefficient (Wildman–Crippen LogP) is 16.8. The number of sulfone groups is 1. The Hall–Kier alpha value is -5.48. The summed E-state index contributed by atoms with van der Waals surface area (Å²) in [6.45, 7) is -0.472. The maximum absolute atomic E-state index is 15.4. The largest absolute Gasteiger partial charge is 0.487 e. The standard InChI is InChI=1S/C54H34F8O6S8/c1-3-4-5-28-68-53-49(59)45(55)43(46(56)50(53)60)44-47(57)51(61)54(52(62)48(44)58)74-38-20-16-35(17-21-38)71-32-10-12-33(13-11-32)72-36-22-24-39(25-23-36)75(63,64)40-26-27-41(42(29-40)76(65,66)67)73-37-18-14-34(15-19-37)70-31-8-6-30(69-2)7-9-31/h1,6-27,29H,4-5,28H2,2H3,(H,65,66,67). The van der Waals surface area contributed by atoms with Gasteiger partial charge in [-0.1, -0.05) is 58.8 Å². The van der Waals surface area contributed by atoms with Crippen LogP contribution in [0.25, 0.3) is 11.1 Å². The molecule has 0 aliphatic carbocycles. The molecule has 0 spiro atoms. The second-order valence-electron chi connectivity index (χ2n) is 15.7. The molecule has 8 aromatic carbocycles. The first-order chi connectivity index (χ1) is 36.3. The van der Waals surface area contributed by atoms with Crippen LogP contribution in [-0.2, 0) is 20.0 Å². The van der Waals surface area contributed by atoms with Gasteiger partial charge in [-0.05, 0) is 152 Å². The zero-order chi connectivity index (χ0) is 54.5. The number of halogens is 8. The summed E-state index contributed by atoms with van der Waals surface area (Å²) in [5, 5.41) is 0. The summed E-state index contributed by atoms with van der Waals surface area (Å²) < 4.78 is 189. The van der Waals surface area contributed by atoms with Gasteiger partial charge in [-0.2, -0.15) is 17.2 Å². The van der Waals surface area contributed by atoms with Crippen LogP contribution in [0.15, 0.2) is 208 Å². The first-order valence-electron chi connectivity index (χ1n) is 21.9. The Morgan fingerprint density at radius 1 is 0.474 bits per heavy atom. The summed E-state index contributed by atoms with van der Waals surface area (Å²) in [6.07, 6.45) is 7.21. The number of hydrogen-bond acceptors (Lipinski definition) is 11. The Labute approximate surface area is 457 Å². The van der Waals surface area contributed by atoms with Crippen LogP contribution in [0, 0.1) is 58.9 Å². The Bertz CT molecular complexity index is 3680. The monoisotopic (exact) mass is 1190 g/mol. The van der Waals surface area contributed by atoms with E-state index in [-0.39, 0.29) is 44.2 Å². The van der Waals surface area contributed by atoms with E-state index in [0.717, 1.165) is 42.3 Å². The third-order valence-corrected chi connectivity index (χ3v) is 19.5. The minimum absolute atomic E-state index is 0.0388. The maximum atomic E-state index is 15.4. The third-order valence-electron chi connectivity index (χ3n) is 10.7. The van der Waals surface area contributed by atoms with E-state index in [0.29, 0.717) is 14.7 Å². The zero-order valence-electron chi connectivity index (χ0n) is 38.8. The first-order valence-corrected chi connectivity index (χ1v) is 30.1. The molecular formula is C54H34F8O6S8. The molecule has 22 heteroatoms. The normalized spacial score (nSPS) is 11.7. The molecule has 6 nitrogen and oxygen atoms in total. The van der Waals surface area contributed by atoms with Gasteiger partial charge in [0.15, 0.2) is 40.7 Å². The lowest BCUT2D eigenvalue weighted by atomic mass is 10.0. The fourth-order valence-electron chi connectivity index (χ4n) is 7.02. The minimum Gasteiger partial charge on any atom is -0.487 e. The molecule has 8 aromatic rings. The Kier molecular flexibility index (Phi) is 18.3. The zero-order valence-corrected chi connectivity index (χ0v) is 45.3. The van der Waals surface area contributed by atoms with Crippen molar-refractivity contribution in [3.05, 3.63) is 186 Å². The molecule has 0 aliphatic rings. The number of unbranched alkanes of at least 4 members (excludes halogenated alkanes) is 1. The summed E-state index contributed by atoms with van der Waals surface area (Å²) >= 11 is 7.13. The highest BCUT2D eigenvalue weighted by molar-refractivity contribution is 8.01. The Morgan fingerprint density at radius 2 is 0.829 bits per heavy atom. The van der Waals surface area contributed by atoms with E-state index in [2.05, 4.69) is 5.92 Å². The number of terminal acetylenes is 1. The lowest BCUT2D eigenvalue weighted by Gasteiger charge is -2.16. The van der Waals surface area contributed by atoms with E-state index in [1.165, 1.54) is 59.9 Å². The van der Waals surface area contributed by atoms with Gasteiger partial charge in [0.05, 0.1) is 32.4 Å². The molecule has 0 saturated carbocycles. The van der Waals surface area contributed by atoms with Crippen LogP contribution in [-0.4, -0.2) is 34.3 Å². The summed E-state index contributed by atoms with van der Waals surface area (Å²) in [5.41, 5.74) is -4.01. The highest BCUT2D eigenvalue weighted by Crippen LogP contribution is 2.44. The van der Waals surface area contributed by atoms with Crippen molar-refractivity contribution in [2.45, 2.75) is 81.4 Å². The van der Waals surface area contributed by atoms with Crippen LogP contribution in [0.2, 0.25) is 0 Å². The molecule has 0 aromatic heterocycles. The number of ether oxygens (including phenoxy) is 1. The van der Waals surface area contributed by atoms with Crippen LogP contribution < -0.4 is 4.74 Å². The van der Waals surface area contributed by atoms with Crippen molar-refractivity contribution in [2.75, 3.05) is 12.9 Å². The Balaban J connectivity index is 0.890. The summed E-state index contributed by atoms with van der Waals surface area (Å²) in [7, 11) is -9.09. The molecule has 0 unspecified atom stereocenters. The average Bonchev–Trinajstić information content (AvgIpc) is 3.42. The first kappa shape index (κ1) is 56.7. The molecule has 0 fully saturated rings. The number of rotatable bonds is 19. The van der Waals surface area contributed by atoms with E-state index < -0.39 is 99.8 Å². The van der Waals surface area contributed by atoms with Gasteiger partial charge in [0.25, 0.3) is 10.1 Å². The number of thioether (sulfide) groups is 1. The van der Waals surface area contributed by atoms with Gasteiger partial charge in [0.2, 0.25) is 21.5 Å². The maximum Gasteiger partial charge on any atom is 0.295 e. The molecule has 0 radical (unpaired) electrons. The van der Waals surface area contributed by atoms with Gasteiger partial charge in [-0.3, -0.25) is 4.55 Å². The van der Waals surface area contributed by atoms with Crippen LogP contribution in [0.3, 0.4) is 0 Å². The molecule has 0 amide bonds. The molecule has 0 aliphatic heterocycles. The summed E-state index contributed by atoms with van der Waals surface area (Å²) in [4.78, 5) is 4.66. The molecule has 0 atom stereocenters. The Morgan fingerprint density at radius 3 is 1.22 bits per heavy atom. The van der Waals surface area contributed by atoms with E-state index in [9.17, 15) is 30.2 Å². The predicted molar refractivity (Wildman–Crippen MR) is 281 cm³/mol. The lowest BCUT2D eigenvalue weighted by Crippen LogP contribution is -2.10. The van der Waals surface area contributed by atoms with Crippen molar-refractivity contribution < 1.29 is 61.2 Å². The van der Waals surface area contributed by atoms with Crippen LogP contribution >= 0.6 is 70.6 Å². The van der Waals surface area contributed by atoms with Gasteiger partial charge < -0.3 is 4.74 Å². The molecule has 8 rings (SSSR count). The molecule has 1 N–H and O–H groups in total. The van der Waals surface area contributed by atoms with E-state index in [1.807, 2.05) is 42.7 Å². The lowest BCUT2D eigenvalue weighted by molar-refractivity contribution is 0.269. The van der Waals surface area contributed by atoms with Crippen LogP contribution in [0.1, 0.15) is 12.8 Å². The topological polar surface area (TPSA) is 97.7 Å². The average molecular weight is 1190 g/mol. The number of benzene rings is 8. The van der Waals surface area contributed by atoms with E-state index in [4.69, 9.17) is 11.2 Å². The van der Waals surface area contributed by atoms with Crippen LogP contribution in [0.5, 0.6) is 5.75 Å². The van der Waals surface area contributed by atoms with Gasteiger partial charge in [-0.25, -0.2) is 34.8 Å². The van der Waals surface area contributed by atoms with Crippen molar-refractivity contribution in [1.82, 2.24) is 0 Å². The van der Waals surface area contributed by atoms with Gasteiger partial charge in [0, 0.05) is 55.4 Å². The van der Waals surface area contributed by atoms with Crippen molar-refractivity contribution in [3.8, 4) is 29.2 Å². The third kappa shape index (κ3) is 12.9. The van der Waals surface area contributed by atoms with Crippen molar-refractivity contribution >= 4 is 90.5 Å². The van der Waals surface area contributed by atoms with E-state index in [1.54, 1.807) is 84.2 Å². The van der Waals surface area contributed by atoms with Crippen molar-refractivity contribution in [3.63, 3.8) is 0 Å². The minimum atomic E-state index is -4.85. The fraction of sp³-hybridized carbons (Fsp3) is 0.0741. The summed E-state index contributed by atoms with van der Waals surface area (Å²) in [6, 6.07) is 38.1. The SMILES string of the molecule is C#CCCCOc1c(F)c(F)c(-c2c(F)c(F)c(Sc3ccc(Sc4ccc(Sc5ccc(S(=O)(=O)c6ccc(Sc7ccc(Sc8ccc(SC)cc8)cc7)c(S(=O)(=O)O)c6)cc5)cc4)cc3)c(F)c2F)c(F)c1F. The number of hydrogen-bond donors (Lipinski definition) is 1.